The van der Waals surface area contributed by atoms with Gasteiger partial charge in [0.25, 0.3) is 0 Å². The first-order chi connectivity index (χ1) is 7.90. The summed E-state index contributed by atoms with van der Waals surface area (Å²) in [6.07, 6.45) is 8.22. The molecule has 94 valence electrons. The van der Waals surface area contributed by atoms with Crippen molar-refractivity contribution < 1.29 is 5.11 Å². The van der Waals surface area contributed by atoms with Crippen LogP contribution in [0.1, 0.15) is 38.5 Å². The molecule has 2 aliphatic rings. The summed E-state index contributed by atoms with van der Waals surface area (Å²) >= 11 is 0. The number of rotatable bonds is 6. The van der Waals surface area contributed by atoms with Gasteiger partial charge in [-0.1, -0.05) is 12.8 Å². The molecule has 1 heterocycles. The molecule has 1 N–H and O–H groups in total. The zero-order valence-corrected chi connectivity index (χ0v) is 10.4. The van der Waals surface area contributed by atoms with Gasteiger partial charge in [0.15, 0.2) is 0 Å². The van der Waals surface area contributed by atoms with Gasteiger partial charge in [0.1, 0.15) is 0 Å². The van der Waals surface area contributed by atoms with Crippen LogP contribution in [0.2, 0.25) is 0 Å². The summed E-state index contributed by atoms with van der Waals surface area (Å²) in [5.41, 5.74) is 0. The average molecular weight is 226 g/mol. The number of hydrogen-bond acceptors (Lipinski definition) is 3. The van der Waals surface area contributed by atoms with Crippen molar-refractivity contribution in [2.45, 2.75) is 44.6 Å². The minimum absolute atomic E-state index is 0.316. The fraction of sp³-hybridized carbons (Fsp3) is 1.00. The van der Waals surface area contributed by atoms with Gasteiger partial charge in [0, 0.05) is 25.7 Å². The summed E-state index contributed by atoms with van der Waals surface area (Å²) in [5.74, 6) is 0. The van der Waals surface area contributed by atoms with E-state index < -0.39 is 0 Å². The van der Waals surface area contributed by atoms with E-state index in [9.17, 15) is 0 Å². The zero-order chi connectivity index (χ0) is 11.2. The van der Waals surface area contributed by atoms with Gasteiger partial charge in [-0.3, -0.25) is 4.90 Å². The Morgan fingerprint density at radius 2 is 1.69 bits per heavy atom. The average Bonchev–Trinajstić information content (AvgIpc) is 2.96. The smallest absolute Gasteiger partial charge is 0.0558 e. The van der Waals surface area contributed by atoms with Gasteiger partial charge in [0.05, 0.1) is 6.61 Å². The van der Waals surface area contributed by atoms with Crippen molar-refractivity contribution in [3.8, 4) is 0 Å². The summed E-state index contributed by atoms with van der Waals surface area (Å²) < 4.78 is 0. The molecule has 0 atom stereocenters. The Labute approximate surface area is 99.4 Å². The predicted octanol–water partition coefficient (Wildman–Crippen LogP) is 1.32. The molecule has 2 fully saturated rings. The van der Waals surface area contributed by atoms with Crippen LogP contribution in [-0.4, -0.2) is 60.3 Å². The van der Waals surface area contributed by atoms with Crippen molar-refractivity contribution in [3.63, 3.8) is 0 Å². The van der Waals surface area contributed by atoms with E-state index >= 15 is 0 Å². The third-order valence-electron chi connectivity index (χ3n) is 4.13. The van der Waals surface area contributed by atoms with E-state index in [0.29, 0.717) is 6.61 Å². The quantitative estimate of drug-likeness (QED) is 0.740. The first kappa shape index (κ1) is 12.3. The SMILES string of the molecule is OCCN(CCN1CCCC1)C1CCCC1. The van der Waals surface area contributed by atoms with Crippen molar-refractivity contribution in [2.24, 2.45) is 0 Å². The highest BCUT2D eigenvalue weighted by Gasteiger charge is 2.22. The van der Waals surface area contributed by atoms with Gasteiger partial charge in [-0.2, -0.15) is 0 Å². The van der Waals surface area contributed by atoms with Gasteiger partial charge < -0.3 is 10.0 Å². The Kier molecular flexibility index (Phi) is 5.07. The van der Waals surface area contributed by atoms with E-state index in [2.05, 4.69) is 9.80 Å². The second kappa shape index (κ2) is 6.58. The Balaban J connectivity index is 1.72. The fourth-order valence-electron chi connectivity index (χ4n) is 3.15. The van der Waals surface area contributed by atoms with Crippen LogP contribution in [0.3, 0.4) is 0 Å². The molecule has 1 saturated carbocycles. The molecule has 1 aliphatic heterocycles. The summed E-state index contributed by atoms with van der Waals surface area (Å²) in [6.45, 7) is 6.13. The van der Waals surface area contributed by atoms with E-state index in [1.165, 1.54) is 58.2 Å². The molecule has 0 aromatic rings. The van der Waals surface area contributed by atoms with Gasteiger partial charge in [-0.05, 0) is 38.8 Å². The Morgan fingerprint density at radius 1 is 1.00 bits per heavy atom. The third-order valence-corrected chi connectivity index (χ3v) is 4.13. The summed E-state index contributed by atoms with van der Waals surface area (Å²) in [7, 11) is 0. The number of aliphatic hydroxyl groups is 1. The molecule has 0 spiro atoms. The molecule has 16 heavy (non-hydrogen) atoms. The monoisotopic (exact) mass is 226 g/mol. The molecule has 0 aromatic heterocycles. The van der Waals surface area contributed by atoms with Crippen molar-refractivity contribution >= 4 is 0 Å². The van der Waals surface area contributed by atoms with Crippen molar-refractivity contribution in [3.05, 3.63) is 0 Å². The number of nitrogens with zero attached hydrogens (tertiary/aromatic N) is 2. The normalized spacial score (nSPS) is 23.6. The second-order valence-electron chi connectivity index (χ2n) is 5.25. The Bertz CT molecular complexity index is 186. The highest BCUT2D eigenvalue weighted by molar-refractivity contribution is 4.78. The van der Waals surface area contributed by atoms with Gasteiger partial charge in [-0.15, -0.1) is 0 Å². The Morgan fingerprint density at radius 3 is 2.31 bits per heavy atom. The third kappa shape index (κ3) is 3.44. The number of likely N-dealkylation sites (tertiary alicyclic amines) is 1. The van der Waals surface area contributed by atoms with Crippen LogP contribution in [0.25, 0.3) is 0 Å². The molecule has 0 unspecified atom stereocenters. The number of hydrogen-bond donors (Lipinski definition) is 1. The van der Waals surface area contributed by atoms with Crippen LogP contribution in [0.4, 0.5) is 0 Å². The standard InChI is InChI=1S/C13H26N2O/c16-12-11-15(13-5-1-2-6-13)10-9-14-7-3-4-8-14/h13,16H,1-12H2. The van der Waals surface area contributed by atoms with E-state index in [0.717, 1.165) is 19.1 Å². The van der Waals surface area contributed by atoms with Gasteiger partial charge in [0.2, 0.25) is 0 Å². The molecule has 3 heteroatoms. The predicted molar refractivity (Wildman–Crippen MR) is 66.6 cm³/mol. The number of aliphatic hydroxyl groups excluding tert-OH is 1. The summed E-state index contributed by atoms with van der Waals surface area (Å²) in [4.78, 5) is 5.09. The van der Waals surface area contributed by atoms with E-state index in [1.54, 1.807) is 0 Å². The van der Waals surface area contributed by atoms with E-state index in [1.807, 2.05) is 0 Å². The molecule has 1 saturated heterocycles. The molecule has 0 bridgehead atoms. The van der Waals surface area contributed by atoms with Crippen LogP contribution >= 0.6 is 0 Å². The van der Waals surface area contributed by atoms with Gasteiger partial charge in [-0.25, -0.2) is 0 Å². The first-order valence-electron chi connectivity index (χ1n) is 6.97. The van der Waals surface area contributed by atoms with E-state index in [-0.39, 0.29) is 0 Å². The van der Waals surface area contributed by atoms with Crippen LogP contribution in [-0.2, 0) is 0 Å². The van der Waals surface area contributed by atoms with Crippen LogP contribution in [0, 0.1) is 0 Å². The molecular weight excluding hydrogens is 200 g/mol. The fourth-order valence-corrected chi connectivity index (χ4v) is 3.15. The largest absolute Gasteiger partial charge is 0.395 e. The van der Waals surface area contributed by atoms with Crippen molar-refractivity contribution in [1.29, 1.82) is 0 Å². The van der Waals surface area contributed by atoms with Crippen molar-refractivity contribution in [1.82, 2.24) is 9.80 Å². The summed E-state index contributed by atoms with van der Waals surface area (Å²) in [6, 6.07) is 0.759. The maximum atomic E-state index is 9.13. The molecule has 0 amide bonds. The molecule has 3 nitrogen and oxygen atoms in total. The zero-order valence-electron chi connectivity index (χ0n) is 10.4. The van der Waals surface area contributed by atoms with Crippen LogP contribution in [0.15, 0.2) is 0 Å². The molecule has 2 rings (SSSR count). The maximum absolute atomic E-state index is 9.13. The van der Waals surface area contributed by atoms with Crippen molar-refractivity contribution in [2.75, 3.05) is 39.3 Å². The van der Waals surface area contributed by atoms with Crippen LogP contribution < -0.4 is 0 Å². The maximum Gasteiger partial charge on any atom is 0.0558 e. The first-order valence-corrected chi connectivity index (χ1v) is 6.97. The highest BCUT2D eigenvalue weighted by atomic mass is 16.3. The minimum Gasteiger partial charge on any atom is -0.395 e. The minimum atomic E-state index is 0.316. The lowest BCUT2D eigenvalue weighted by atomic mass is 10.2. The molecule has 0 aromatic carbocycles. The highest BCUT2D eigenvalue weighted by Crippen LogP contribution is 2.23. The van der Waals surface area contributed by atoms with E-state index in [4.69, 9.17) is 5.11 Å². The topological polar surface area (TPSA) is 26.7 Å². The summed E-state index contributed by atoms with van der Waals surface area (Å²) in [5, 5.41) is 9.13. The molecule has 1 aliphatic carbocycles. The second-order valence-corrected chi connectivity index (χ2v) is 5.25. The lowest BCUT2D eigenvalue weighted by Gasteiger charge is -2.29. The lowest BCUT2D eigenvalue weighted by molar-refractivity contribution is 0.136. The Hall–Kier alpha value is -0.120. The molecule has 0 radical (unpaired) electrons. The van der Waals surface area contributed by atoms with Crippen LogP contribution in [0.5, 0.6) is 0 Å². The lowest BCUT2D eigenvalue weighted by Crippen LogP contribution is -2.40. The van der Waals surface area contributed by atoms with Gasteiger partial charge >= 0.3 is 0 Å². The molecular formula is C13H26N2O.